The molecule has 5 heteroatoms. The molecule has 0 aromatic carbocycles. The van der Waals surface area contributed by atoms with E-state index in [0.29, 0.717) is 18.9 Å². The highest BCUT2D eigenvalue weighted by Gasteiger charge is 2.24. The summed E-state index contributed by atoms with van der Waals surface area (Å²) in [7, 11) is 0. The zero-order valence-electron chi connectivity index (χ0n) is 11.4. The maximum atomic E-state index is 11.7. The quantitative estimate of drug-likeness (QED) is 0.712. The summed E-state index contributed by atoms with van der Waals surface area (Å²) in [5, 5.41) is 12.6. The van der Waals surface area contributed by atoms with Crippen molar-refractivity contribution in [3.63, 3.8) is 0 Å². The molecule has 2 unspecified atom stereocenters. The Bertz CT molecular complexity index is 249. The predicted molar refractivity (Wildman–Crippen MR) is 75.7 cm³/mol. The number of halogens is 1. The summed E-state index contributed by atoms with van der Waals surface area (Å²) in [6.45, 7) is 4.67. The van der Waals surface area contributed by atoms with Gasteiger partial charge in [-0.15, -0.1) is 12.4 Å². The highest BCUT2D eigenvalue weighted by molar-refractivity contribution is 5.85. The van der Waals surface area contributed by atoms with Crippen LogP contribution in [0, 0.1) is 11.8 Å². The van der Waals surface area contributed by atoms with Crippen molar-refractivity contribution in [3.05, 3.63) is 0 Å². The molecular formula is C13H27ClN2O2. The van der Waals surface area contributed by atoms with Crippen LogP contribution in [0.5, 0.6) is 0 Å². The van der Waals surface area contributed by atoms with Gasteiger partial charge in [0.15, 0.2) is 0 Å². The van der Waals surface area contributed by atoms with Crippen LogP contribution in [-0.2, 0) is 4.79 Å². The molecule has 1 saturated carbocycles. The fourth-order valence-corrected chi connectivity index (χ4v) is 2.40. The Labute approximate surface area is 116 Å². The average molecular weight is 279 g/mol. The molecule has 1 amide bonds. The van der Waals surface area contributed by atoms with E-state index in [1.807, 2.05) is 0 Å². The smallest absolute Gasteiger partial charge is 0.236 e. The van der Waals surface area contributed by atoms with E-state index in [9.17, 15) is 9.90 Å². The Morgan fingerprint density at radius 1 is 1.39 bits per heavy atom. The fourth-order valence-electron chi connectivity index (χ4n) is 2.40. The molecule has 0 aliphatic heterocycles. The summed E-state index contributed by atoms with van der Waals surface area (Å²) >= 11 is 0. The molecule has 0 radical (unpaired) electrons. The Kier molecular flexibility index (Phi) is 8.57. The number of amides is 1. The van der Waals surface area contributed by atoms with Crippen molar-refractivity contribution in [2.75, 3.05) is 6.54 Å². The number of nitrogens with one attached hydrogen (secondary N) is 1. The van der Waals surface area contributed by atoms with Gasteiger partial charge in [-0.3, -0.25) is 4.79 Å². The minimum absolute atomic E-state index is 0. The van der Waals surface area contributed by atoms with Gasteiger partial charge in [0.1, 0.15) is 0 Å². The first-order valence-corrected chi connectivity index (χ1v) is 6.72. The van der Waals surface area contributed by atoms with Crippen LogP contribution in [-0.4, -0.2) is 29.7 Å². The first-order chi connectivity index (χ1) is 8.00. The molecule has 1 aliphatic carbocycles. The molecule has 1 aliphatic rings. The van der Waals surface area contributed by atoms with Gasteiger partial charge in [0.2, 0.25) is 5.91 Å². The topological polar surface area (TPSA) is 75.4 Å². The van der Waals surface area contributed by atoms with E-state index >= 15 is 0 Å². The van der Waals surface area contributed by atoms with Crippen molar-refractivity contribution >= 4 is 18.3 Å². The average Bonchev–Trinajstić information content (AvgIpc) is 2.26. The molecule has 0 spiro atoms. The van der Waals surface area contributed by atoms with Gasteiger partial charge < -0.3 is 16.2 Å². The van der Waals surface area contributed by atoms with Crippen LogP contribution in [0.3, 0.4) is 0 Å². The number of aliphatic hydroxyl groups excluding tert-OH is 1. The maximum Gasteiger partial charge on any atom is 0.236 e. The number of carbonyl (C=O) groups is 1. The molecule has 1 rings (SSSR count). The first kappa shape index (κ1) is 17.7. The Hall–Kier alpha value is -0.320. The van der Waals surface area contributed by atoms with Gasteiger partial charge in [-0.2, -0.15) is 0 Å². The summed E-state index contributed by atoms with van der Waals surface area (Å²) in [4.78, 5) is 11.7. The van der Waals surface area contributed by atoms with E-state index in [2.05, 4.69) is 19.2 Å². The second-order valence-electron chi connectivity index (χ2n) is 5.59. The number of hydrogen-bond donors (Lipinski definition) is 3. The lowest BCUT2D eigenvalue weighted by atomic mass is 9.86. The van der Waals surface area contributed by atoms with E-state index in [1.165, 1.54) is 0 Å². The third kappa shape index (κ3) is 6.03. The molecule has 0 saturated heterocycles. The predicted octanol–water partition coefficient (Wildman–Crippen LogP) is 1.45. The normalized spacial score (nSPS) is 25.4. The van der Waals surface area contributed by atoms with Gasteiger partial charge in [-0.25, -0.2) is 0 Å². The van der Waals surface area contributed by atoms with Gasteiger partial charge in [0.05, 0.1) is 12.1 Å². The number of nitrogens with two attached hydrogens (primary N) is 1. The molecule has 1 fully saturated rings. The molecule has 0 heterocycles. The second-order valence-corrected chi connectivity index (χ2v) is 5.59. The van der Waals surface area contributed by atoms with E-state index in [0.717, 1.165) is 25.7 Å². The molecule has 0 aromatic heterocycles. The lowest BCUT2D eigenvalue weighted by molar-refractivity contribution is -0.123. The van der Waals surface area contributed by atoms with Gasteiger partial charge in [-0.05, 0) is 25.2 Å². The van der Waals surface area contributed by atoms with Crippen molar-refractivity contribution in [2.24, 2.45) is 17.6 Å². The summed E-state index contributed by atoms with van der Waals surface area (Å²) in [5.74, 6) is 0.548. The van der Waals surface area contributed by atoms with Crippen LogP contribution in [0.25, 0.3) is 0 Å². The standard InChI is InChI=1S/C13H26N2O2.ClH/c1-9(2)7-11(14)13(17)15-8-10-5-3-4-6-12(10)16;/h9-12,16H,3-8,14H2,1-2H3,(H,15,17);1H/t10?,11-,12?;/m0./s1. The summed E-state index contributed by atoms with van der Waals surface area (Å²) in [6.07, 6.45) is 4.55. The zero-order valence-corrected chi connectivity index (χ0v) is 12.2. The van der Waals surface area contributed by atoms with Crippen molar-refractivity contribution in [1.82, 2.24) is 5.32 Å². The number of hydrogen-bond acceptors (Lipinski definition) is 3. The van der Waals surface area contributed by atoms with E-state index < -0.39 is 6.04 Å². The molecule has 3 atom stereocenters. The van der Waals surface area contributed by atoms with Crippen molar-refractivity contribution in [3.8, 4) is 0 Å². The van der Waals surface area contributed by atoms with Crippen molar-refractivity contribution < 1.29 is 9.90 Å². The van der Waals surface area contributed by atoms with Gasteiger partial charge in [-0.1, -0.05) is 26.7 Å². The van der Waals surface area contributed by atoms with Gasteiger partial charge >= 0.3 is 0 Å². The van der Waals surface area contributed by atoms with E-state index in [1.54, 1.807) is 0 Å². The van der Waals surface area contributed by atoms with E-state index in [-0.39, 0.29) is 30.3 Å². The van der Waals surface area contributed by atoms with Gasteiger partial charge in [0, 0.05) is 12.5 Å². The molecular weight excluding hydrogens is 252 g/mol. The van der Waals surface area contributed by atoms with Crippen LogP contribution < -0.4 is 11.1 Å². The lowest BCUT2D eigenvalue weighted by Gasteiger charge is -2.28. The summed E-state index contributed by atoms with van der Waals surface area (Å²) < 4.78 is 0. The largest absolute Gasteiger partial charge is 0.393 e. The summed E-state index contributed by atoms with van der Waals surface area (Å²) in [6, 6.07) is -0.421. The maximum absolute atomic E-state index is 11.7. The van der Waals surface area contributed by atoms with E-state index in [4.69, 9.17) is 5.73 Å². The first-order valence-electron chi connectivity index (χ1n) is 6.72. The SMILES string of the molecule is CC(C)C[C@H](N)C(=O)NCC1CCCCC1O.Cl. The lowest BCUT2D eigenvalue weighted by Crippen LogP contribution is -2.45. The minimum atomic E-state index is -0.421. The van der Waals surface area contributed by atoms with Crippen molar-refractivity contribution in [2.45, 2.75) is 58.1 Å². The van der Waals surface area contributed by atoms with Crippen LogP contribution in [0.4, 0.5) is 0 Å². The van der Waals surface area contributed by atoms with Crippen molar-refractivity contribution in [1.29, 1.82) is 0 Å². The Morgan fingerprint density at radius 2 is 2.00 bits per heavy atom. The van der Waals surface area contributed by atoms with Crippen LogP contribution in [0.2, 0.25) is 0 Å². The highest BCUT2D eigenvalue weighted by Crippen LogP contribution is 2.23. The molecule has 108 valence electrons. The molecule has 4 nitrogen and oxygen atoms in total. The summed E-state index contributed by atoms with van der Waals surface area (Å²) in [5.41, 5.74) is 5.79. The minimum Gasteiger partial charge on any atom is -0.393 e. The molecule has 0 bridgehead atoms. The number of rotatable bonds is 5. The Morgan fingerprint density at radius 3 is 2.56 bits per heavy atom. The fraction of sp³-hybridized carbons (Fsp3) is 0.923. The second kappa shape index (κ2) is 8.73. The third-order valence-corrected chi connectivity index (χ3v) is 3.47. The molecule has 4 N–H and O–H groups in total. The molecule has 18 heavy (non-hydrogen) atoms. The zero-order chi connectivity index (χ0) is 12.8. The van der Waals surface area contributed by atoms with Crippen LogP contribution in [0.1, 0.15) is 46.0 Å². The molecule has 0 aromatic rings. The van der Waals surface area contributed by atoms with Crippen LogP contribution >= 0.6 is 12.4 Å². The monoisotopic (exact) mass is 278 g/mol. The van der Waals surface area contributed by atoms with Gasteiger partial charge in [0.25, 0.3) is 0 Å². The number of carbonyl (C=O) groups excluding carboxylic acids is 1. The third-order valence-electron chi connectivity index (χ3n) is 3.47. The Balaban J connectivity index is 0.00000289. The number of aliphatic hydroxyl groups is 1. The van der Waals surface area contributed by atoms with Crippen LogP contribution in [0.15, 0.2) is 0 Å². The highest BCUT2D eigenvalue weighted by atomic mass is 35.5.